The van der Waals surface area contributed by atoms with Crippen molar-refractivity contribution in [2.45, 2.75) is 12.2 Å². The summed E-state index contributed by atoms with van der Waals surface area (Å²) in [6.07, 6.45) is -1.83. The summed E-state index contributed by atoms with van der Waals surface area (Å²) in [7, 11) is 0. The fourth-order valence-electron chi connectivity index (χ4n) is 4.12. The van der Waals surface area contributed by atoms with Gasteiger partial charge in [-0.15, -0.1) is 0 Å². The molecule has 0 N–H and O–H groups in total. The topological polar surface area (TPSA) is 70.4 Å². The van der Waals surface area contributed by atoms with Gasteiger partial charge in [0.25, 0.3) is 5.91 Å². The first-order valence-corrected chi connectivity index (χ1v) is 9.83. The Morgan fingerprint density at radius 3 is 2.68 bits per heavy atom. The second-order valence-corrected chi connectivity index (χ2v) is 7.47. The van der Waals surface area contributed by atoms with Gasteiger partial charge in [0, 0.05) is 36.1 Å². The van der Waals surface area contributed by atoms with E-state index in [-0.39, 0.29) is 11.3 Å². The monoisotopic (exact) mass is 429 g/mol. The molecule has 7 nitrogen and oxygen atoms in total. The highest BCUT2D eigenvalue weighted by atomic mass is 19.4. The number of rotatable bonds is 3. The Morgan fingerprint density at radius 2 is 1.90 bits per heavy atom. The quantitative estimate of drug-likeness (QED) is 0.743. The van der Waals surface area contributed by atoms with Crippen LogP contribution in [0.2, 0.25) is 0 Å². The molecule has 10 heteroatoms. The number of ether oxygens (including phenoxy) is 1. The molecule has 2 aromatic rings. The van der Waals surface area contributed by atoms with Gasteiger partial charge < -0.3 is 9.64 Å². The van der Waals surface area contributed by atoms with Gasteiger partial charge in [-0.2, -0.15) is 23.4 Å². The van der Waals surface area contributed by atoms with E-state index in [2.05, 4.69) is 20.1 Å². The lowest BCUT2D eigenvalue weighted by atomic mass is 9.93. The Morgan fingerprint density at radius 1 is 1.13 bits per heavy atom. The van der Waals surface area contributed by atoms with Gasteiger partial charge in [0.05, 0.1) is 36.4 Å². The Labute approximate surface area is 175 Å². The summed E-state index contributed by atoms with van der Waals surface area (Å²) >= 11 is 0. The second kappa shape index (κ2) is 7.45. The maximum absolute atomic E-state index is 13.3. The van der Waals surface area contributed by atoms with Crippen LogP contribution in [-0.2, 0) is 9.53 Å². The summed E-state index contributed by atoms with van der Waals surface area (Å²) in [6.45, 7) is 1.22. The van der Waals surface area contributed by atoms with Gasteiger partial charge in [0.15, 0.2) is 0 Å². The molecule has 0 radical (unpaired) electrons. The smallest absolute Gasteiger partial charge is 0.378 e. The average molecular weight is 429 g/mol. The molecule has 160 valence electrons. The highest BCUT2D eigenvalue weighted by molar-refractivity contribution is 6.10. The van der Waals surface area contributed by atoms with E-state index in [1.807, 2.05) is 24.3 Å². The van der Waals surface area contributed by atoms with Gasteiger partial charge in [-0.1, -0.05) is 18.2 Å². The van der Waals surface area contributed by atoms with Crippen LogP contribution in [0.15, 0.2) is 58.5 Å². The number of pyridine rings is 1. The number of benzene rings is 1. The second-order valence-electron chi connectivity index (χ2n) is 7.47. The number of morpholine rings is 1. The zero-order valence-corrected chi connectivity index (χ0v) is 16.3. The Bertz CT molecular complexity index is 1090. The minimum atomic E-state index is -4.55. The molecule has 1 saturated heterocycles. The minimum Gasteiger partial charge on any atom is -0.378 e. The van der Waals surface area contributed by atoms with Gasteiger partial charge in [-0.25, -0.2) is 0 Å². The summed E-state index contributed by atoms with van der Waals surface area (Å²) in [5.41, 5.74) is 2.91. The molecule has 1 unspecified atom stereocenters. The van der Waals surface area contributed by atoms with Crippen LogP contribution in [0.3, 0.4) is 0 Å². The number of azo groups is 1. The normalized spacial score (nSPS) is 20.5. The van der Waals surface area contributed by atoms with Crippen molar-refractivity contribution in [2.75, 3.05) is 42.6 Å². The summed E-state index contributed by atoms with van der Waals surface area (Å²) in [4.78, 5) is 20.2. The standard InChI is InChI=1S/C21H18F3N5O2/c22-21(23,24)12-29-18-9-16(25-10-14(18)19-15(20(29)30)11-26-27-19)13-3-1-2-4-17(13)28-5-7-31-8-6-28/h1-4,9-11,19H,5-8,12H2. The average Bonchev–Trinajstić information content (AvgIpc) is 3.26. The zero-order chi connectivity index (χ0) is 21.6. The number of hydrogen-bond donors (Lipinski definition) is 0. The van der Waals surface area contributed by atoms with E-state index in [0.717, 1.165) is 16.2 Å². The molecule has 1 aromatic heterocycles. The number of carbonyl (C=O) groups is 1. The first-order chi connectivity index (χ1) is 14.9. The molecule has 3 aliphatic heterocycles. The molecule has 0 aliphatic carbocycles. The lowest BCUT2D eigenvalue weighted by Crippen LogP contribution is -2.43. The molecule has 3 aliphatic rings. The molecule has 1 fully saturated rings. The van der Waals surface area contributed by atoms with Gasteiger partial charge in [-0.05, 0) is 12.1 Å². The number of halogens is 3. The fourth-order valence-corrected chi connectivity index (χ4v) is 4.12. The van der Waals surface area contributed by atoms with Crippen LogP contribution < -0.4 is 9.80 Å². The predicted molar refractivity (Wildman–Crippen MR) is 107 cm³/mol. The maximum Gasteiger partial charge on any atom is 0.406 e. The van der Waals surface area contributed by atoms with E-state index in [1.54, 1.807) is 6.07 Å². The van der Waals surface area contributed by atoms with Crippen molar-refractivity contribution in [2.24, 2.45) is 10.2 Å². The van der Waals surface area contributed by atoms with Gasteiger partial charge >= 0.3 is 6.18 Å². The van der Waals surface area contributed by atoms with Crippen LogP contribution in [0.25, 0.3) is 11.3 Å². The highest BCUT2D eigenvalue weighted by Gasteiger charge is 2.43. The third-order valence-corrected chi connectivity index (χ3v) is 5.53. The van der Waals surface area contributed by atoms with Crippen LogP contribution in [0.5, 0.6) is 0 Å². The largest absolute Gasteiger partial charge is 0.406 e. The van der Waals surface area contributed by atoms with Crippen molar-refractivity contribution in [1.82, 2.24) is 4.98 Å². The van der Waals surface area contributed by atoms with Crippen molar-refractivity contribution >= 4 is 17.3 Å². The first kappa shape index (κ1) is 19.7. The summed E-state index contributed by atoms with van der Waals surface area (Å²) in [5, 5.41) is 7.77. The number of amides is 1. The van der Waals surface area contributed by atoms with Gasteiger partial charge in [-0.3, -0.25) is 14.7 Å². The number of aromatic nitrogens is 1. The summed E-state index contributed by atoms with van der Waals surface area (Å²) < 4.78 is 45.3. The maximum atomic E-state index is 13.3. The molecule has 0 saturated carbocycles. The van der Waals surface area contributed by atoms with Crippen molar-refractivity contribution in [1.29, 1.82) is 0 Å². The molecule has 1 amide bonds. The van der Waals surface area contributed by atoms with Crippen LogP contribution in [0.1, 0.15) is 11.6 Å². The van der Waals surface area contributed by atoms with E-state index >= 15 is 0 Å². The van der Waals surface area contributed by atoms with Crippen molar-refractivity contribution < 1.29 is 22.7 Å². The number of fused-ring (bicyclic) bond motifs is 3. The van der Waals surface area contributed by atoms with E-state index in [0.29, 0.717) is 37.6 Å². The van der Waals surface area contributed by atoms with Crippen molar-refractivity contribution in [3.63, 3.8) is 0 Å². The third kappa shape index (κ3) is 3.56. The van der Waals surface area contributed by atoms with Crippen LogP contribution in [-0.4, -0.2) is 49.9 Å². The number of anilines is 2. The van der Waals surface area contributed by atoms with E-state index < -0.39 is 24.7 Å². The first-order valence-electron chi connectivity index (χ1n) is 9.83. The summed E-state index contributed by atoms with van der Waals surface area (Å²) in [5.74, 6) is -0.738. The van der Waals surface area contributed by atoms with E-state index in [4.69, 9.17) is 4.74 Å². The number of hydrogen-bond acceptors (Lipinski definition) is 6. The zero-order valence-electron chi connectivity index (χ0n) is 16.3. The molecule has 4 heterocycles. The fraction of sp³-hybridized carbons (Fsp3) is 0.333. The Balaban J connectivity index is 1.61. The minimum absolute atomic E-state index is 0.125. The van der Waals surface area contributed by atoms with Crippen LogP contribution in [0.4, 0.5) is 24.5 Å². The molecule has 5 rings (SSSR count). The van der Waals surface area contributed by atoms with Crippen LogP contribution >= 0.6 is 0 Å². The molecule has 0 spiro atoms. The van der Waals surface area contributed by atoms with E-state index in [9.17, 15) is 18.0 Å². The molecule has 1 aromatic carbocycles. The Kier molecular flexibility index (Phi) is 4.73. The molecule has 1 atom stereocenters. The number of nitrogens with zero attached hydrogens (tertiary/aromatic N) is 5. The van der Waals surface area contributed by atoms with Gasteiger partial charge in [0.2, 0.25) is 0 Å². The third-order valence-electron chi connectivity index (χ3n) is 5.53. The lowest BCUT2D eigenvalue weighted by molar-refractivity contribution is -0.130. The van der Waals surface area contributed by atoms with E-state index in [1.165, 1.54) is 12.4 Å². The highest BCUT2D eigenvalue weighted by Crippen LogP contribution is 2.45. The molecule has 31 heavy (non-hydrogen) atoms. The number of carbonyl (C=O) groups excluding carboxylic acids is 1. The number of alkyl halides is 3. The van der Waals surface area contributed by atoms with Gasteiger partial charge in [0.1, 0.15) is 12.6 Å². The van der Waals surface area contributed by atoms with Crippen molar-refractivity contribution in [3.05, 3.63) is 53.9 Å². The Hall–Kier alpha value is -3.27. The predicted octanol–water partition coefficient (Wildman–Crippen LogP) is 3.88. The molecular formula is C21H18F3N5O2. The molecular weight excluding hydrogens is 411 g/mol. The number of para-hydroxylation sites is 1. The summed E-state index contributed by atoms with van der Waals surface area (Å²) in [6, 6.07) is 8.41. The molecule has 0 bridgehead atoms. The van der Waals surface area contributed by atoms with Crippen LogP contribution in [0, 0.1) is 0 Å². The lowest BCUT2D eigenvalue weighted by Gasteiger charge is -2.33. The SMILES string of the molecule is O=C1C2=CN=NC2c2cnc(-c3ccccc3N3CCOCC3)cc2N1CC(F)(F)F. The van der Waals surface area contributed by atoms with Crippen molar-refractivity contribution in [3.8, 4) is 11.3 Å².